The third-order valence-electron chi connectivity index (χ3n) is 12.3. The van der Waals surface area contributed by atoms with Gasteiger partial charge < -0.3 is 40.3 Å². The van der Waals surface area contributed by atoms with E-state index in [1.165, 1.54) is 167 Å². The Bertz CT molecular complexity index is 992. The van der Waals surface area contributed by atoms with E-state index in [0.29, 0.717) is 12.8 Å². The van der Waals surface area contributed by atoms with Crippen LogP contribution in [0.1, 0.15) is 239 Å². The molecule has 1 rings (SSSR count). The first kappa shape index (κ1) is 56.7. The molecule has 1 aliphatic heterocycles. The molecule has 1 heterocycles. The summed E-state index contributed by atoms with van der Waals surface area (Å²) in [6, 6.07) is -0.718. The first-order valence-corrected chi connectivity index (χ1v) is 25.5. The third-order valence-corrected chi connectivity index (χ3v) is 12.3. The number of unbranched alkanes of at least 4 members (excludes halogenated alkanes) is 29. The van der Waals surface area contributed by atoms with Gasteiger partial charge in [0.2, 0.25) is 5.91 Å². The minimum atomic E-state index is -1.55. The molecule has 7 atom stereocenters. The van der Waals surface area contributed by atoms with Gasteiger partial charge in [-0.1, -0.05) is 212 Å². The molecule has 1 saturated heterocycles. The zero-order valence-electron chi connectivity index (χ0n) is 39.0. The molecule has 7 unspecified atom stereocenters. The van der Waals surface area contributed by atoms with E-state index in [4.69, 9.17) is 9.47 Å². The summed E-state index contributed by atoms with van der Waals surface area (Å²) in [5.41, 5.74) is 0. The van der Waals surface area contributed by atoms with Crippen LogP contribution < -0.4 is 5.32 Å². The zero-order valence-corrected chi connectivity index (χ0v) is 39.0. The molecule has 354 valence electrons. The molecule has 6 N–H and O–H groups in total. The van der Waals surface area contributed by atoms with Crippen LogP contribution in [0.25, 0.3) is 0 Å². The number of hydrogen-bond acceptors (Lipinski definition) is 8. The summed E-state index contributed by atoms with van der Waals surface area (Å²) < 4.78 is 11.3. The maximum absolute atomic E-state index is 13.0. The summed E-state index contributed by atoms with van der Waals surface area (Å²) in [6.45, 7) is 3.83. The van der Waals surface area contributed by atoms with Gasteiger partial charge in [-0.15, -0.1) is 0 Å². The Labute approximate surface area is 369 Å². The Morgan fingerprint density at radius 1 is 0.567 bits per heavy atom. The summed E-state index contributed by atoms with van der Waals surface area (Å²) >= 11 is 0. The van der Waals surface area contributed by atoms with E-state index in [1.54, 1.807) is 0 Å². The molecule has 0 saturated carbocycles. The number of rotatable bonds is 43. The number of hydrogen-bond donors (Lipinski definition) is 6. The fraction of sp³-hybridized carbons (Fsp3) is 0.902. The lowest BCUT2D eigenvalue weighted by molar-refractivity contribution is -0.302. The quantitative estimate of drug-likeness (QED) is 0.0262. The Morgan fingerprint density at radius 3 is 1.43 bits per heavy atom. The first-order chi connectivity index (χ1) is 29.3. The van der Waals surface area contributed by atoms with Crippen LogP contribution in [-0.2, 0) is 14.3 Å². The zero-order chi connectivity index (χ0) is 43.7. The lowest BCUT2D eigenvalue weighted by Gasteiger charge is -2.40. The second kappa shape index (κ2) is 41.7. The standard InChI is InChI=1S/C51H97NO8/c1-3-5-7-9-11-13-15-17-18-19-20-21-22-23-24-25-26-27-28-29-31-33-35-37-39-41-47(55)52-44(43-59-51-50(58)49(57)48(56)46(42-53)60-51)45(54)40-38-36-34-32-30-16-14-12-10-8-6-4-2/h20-21,23-24,44-46,48-51,53-54,56-58H,3-19,22,25-43H2,1-2H3,(H,52,55)/b21-20-,24-23-. The van der Waals surface area contributed by atoms with Crippen LogP contribution >= 0.6 is 0 Å². The number of nitrogens with one attached hydrogen (secondary N) is 1. The van der Waals surface area contributed by atoms with Crippen molar-refractivity contribution in [2.45, 2.75) is 281 Å². The molecule has 0 bridgehead atoms. The van der Waals surface area contributed by atoms with Gasteiger partial charge in [-0.2, -0.15) is 0 Å². The van der Waals surface area contributed by atoms with Crippen LogP contribution in [0.3, 0.4) is 0 Å². The van der Waals surface area contributed by atoms with Gasteiger partial charge in [0.25, 0.3) is 0 Å². The van der Waals surface area contributed by atoms with Crippen LogP contribution in [0.5, 0.6) is 0 Å². The van der Waals surface area contributed by atoms with Gasteiger partial charge >= 0.3 is 0 Å². The highest BCUT2D eigenvalue weighted by Crippen LogP contribution is 2.23. The van der Waals surface area contributed by atoms with Gasteiger partial charge in [0.1, 0.15) is 24.4 Å². The smallest absolute Gasteiger partial charge is 0.220 e. The van der Waals surface area contributed by atoms with Crippen molar-refractivity contribution in [3.8, 4) is 0 Å². The SMILES string of the molecule is CCCCCCCCCCC/C=C\C/C=C\CCCCCCCCCCCC(=O)NC(COC1OC(CO)C(O)C(O)C1O)C(O)CCCCCCCCCCCCCC. The minimum absolute atomic E-state index is 0.138. The normalized spacial score (nSPS) is 20.7. The molecule has 1 amide bonds. The van der Waals surface area contributed by atoms with E-state index in [0.717, 1.165) is 44.9 Å². The van der Waals surface area contributed by atoms with Crippen LogP contribution in [-0.4, -0.2) is 87.5 Å². The summed E-state index contributed by atoms with van der Waals surface area (Å²) in [6.07, 6.45) is 43.4. The molecule has 0 aromatic heterocycles. The molecule has 0 aromatic rings. The van der Waals surface area contributed by atoms with E-state index in [1.807, 2.05) is 0 Å². The number of aliphatic hydroxyl groups excluding tert-OH is 5. The Hall–Kier alpha value is -1.33. The molecule has 0 spiro atoms. The third kappa shape index (κ3) is 31.5. The summed E-state index contributed by atoms with van der Waals surface area (Å²) in [4.78, 5) is 13.0. The lowest BCUT2D eigenvalue weighted by Crippen LogP contribution is -2.60. The summed E-state index contributed by atoms with van der Waals surface area (Å²) in [5.74, 6) is -0.148. The average Bonchev–Trinajstić information content (AvgIpc) is 3.25. The largest absolute Gasteiger partial charge is 0.394 e. The van der Waals surface area contributed by atoms with Crippen molar-refractivity contribution in [2.75, 3.05) is 13.2 Å². The average molecular weight is 852 g/mol. The molecule has 1 aliphatic rings. The van der Waals surface area contributed by atoms with Gasteiger partial charge in [-0.3, -0.25) is 4.79 Å². The fourth-order valence-corrected chi connectivity index (χ4v) is 8.19. The minimum Gasteiger partial charge on any atom is -0.394 e. The first-order valence-electron chi connectivity index (χ1n) is 25.5. The molecule has 9 heteroatoms. The predicted octanol–water partition coefficient (Wildman–Crippen LogP) is 11.5. The van der Waals surface area contributed by atoms with Crippen molar-refractivity contribution in [1.82, 2.24) is 5.32 Å². The Kier molecular flexibility index (Phi) is 39.4. The molecule has 0 aliphatic carbocycles. The van der Waals surface area contributed by atoms with Crippen molar-refractivity contribution in [2.24, 2.45) is 0 Å². The van der Waals surface area contributed by atoms with Crippen LogP contribution in [0.2, 0.25) is 0 Å². The van der Waals surface area contributed by atoms with Gasteiger partial charge in [0, 0.05) is 6.42 Å². The molecular formula is C51H97NO8. The van der Waals surface area contributed by atoms with E-state index in [9.17, 15) is 30.3 Å². The monoisotopic (exact) mass is 852 g/mol. The summed E-state index contributed by atoms with van der Waals surface area (Å²) in [7, 11) is 0. The number of carbonyl (C=O) groups is 1. The molecule has 1 fully saturated rings. The lowest BCUT2D eigenvalue weighted by atomic mass is 9.99. The molecule has 9 nitrogen and oxygen atoms in total. The molecular weight excluding hydrogens is 755 g/mol. The molecule has 0 radical (unpaired) electrons. The van der Waals surface area contributed by atoms with Crippen LogP contribution in [0, 0.1) is 0 Å². The van der Waals surface area contributed by atoms with Crippen molar-refractivity contribution in [1.29, 1.82) is 0 Å². The number of aliphatic hydroxyl groups is 5. The van der Waals surface area contributed by atoms with Crippen LogP contribution in [0.4, 0.5) is 0 Å². The second-order valence-electron chi connectivity index (χ2n) is 18.0. The number of ether oxygens (including phenoxy) is 2. The van der Waals surface area contributed by atoms with Gasteiger partial charge in [-0.25, -0.2) is 0 Å². The Morgan fingerprint density at radius 2 is 0.983 bits per heavy atom. The topological polar surface area (TPSA) is 149 Å². The highest BCUT2D eigenvalue weighted by Gasteiger charge is 2.44. The predicted molar refractivity (Wildman–Crippen MR) is 249 cm³/mol. The molecule has 0 aromatic carbocycles. The Balaban J connectivity index is 2.22. The molecule has 60 heavy (non-hydrogen) atoms. The van der Waals surface area contributed by atoms with E-state index in [2.05, 4.69) is 43.5 Å². The van der Waals surface area contributed by atoms with Gasteiger partial charge in [-0.05, 0) is 44.9 Å². The van der Waals surface area contributed by atoms with Crippen molar-refractivity contribution in [3.63, 3.8) is 0 Å². The van der Waals surface area contributed by atoms with E-state index in [-0.39, 0.29) is 12.5 Å². The highest BCUT2D eigenvalue weighted by atomic mass is 16.7. The van der Waals surface area contributed by atoms with Crippen molar-refractivity contribution >= 4 is 5.91 Å². The maximum Gasteiger partial charge on any atom is 0.220 e. The highest BCUT2D eigenvalue weighted by molar-refractivity contribution is 5.76. The number of allylic oxidation sites excluding steroid dienone is 4. The second-order valence-corrected chi connectivity index (χ2v) is 18.0. The number of amides is 1. The van der Waals surface area contributed by atoms with Gasteiger partial charge in [0.15, 0.2) is 6.29 Å². The van der Waals surface area contributed by atoms with Crippen molar-refractivity contribution < 1.29 is 39.8 Å². The maximum atomic E-state index is 13.0. The summed E-state index contributed by atoms with van der Waals surface area (Å²) in [5, 5.41) is 54.4. The number of carbonyl (C=O) groups excluding carboxylic acids is 1. The fourth-order valence-electron chi connectivity index (χ4n) is 8.19. The van der Waals surface area contributed by atoms with Gasteiger partial charge in [0.05, 0.1) is 25.4 Å². The van der Waals surface area contributed by atoms with E-state index >= 15 is 0 Å². The van der Waals surface area contributed by atoms with Crippen molar-refractivity contribution in [3.05, 3.63) is 24.3 Å². The van der Waals surface area contributed by atoms with Crippen LogP contribution in [0.15, 0.2) is 24.3 Å². The van der Waals surface area contributed by atoms with E-state index < -0.39 is 49.5 Å².